The van der Waals surface area contributed by atoms with E-state index in [0.717, 1.165) is 23.0 Å². The van der Waals surface area contributed by atoms with Crippen molar-refractivity contribution in [1.29, 1.82) is 0 Å². The molecule has 3 nitrogen and oxygen atoms in total. The van der Waals surface area contributed by atoms with Crippen molar-refractivity contribution in [3.05, 3.63) is 78.4 Å². The molecule has 0 bridgehead atoms. The van der Waals surface area contributed by atoms with Gasteiger partial charge in [0.1, 0.15) is 5.82 Å². The van der Waals surface area contributed by atoms with Crippen LogP contribution < -0.4 is 5.32 Å². The molecule has 0 aliphatic carbocycles. The average molecular weight is 335 g/mol. The molecule has 0 fully saturated rings. The maximum absolute atomic E-state index is 13.5. The number of anilines is 2. The van der Waals surface area contributed by atoms with Crippen LogP contribution in [0, 0.1) is 11.6 Å². The third-order valence-electron chi connectivity index (χ3n) is 4.13. The van der Waals surface area contributed by atoms with Crippen LogP contribution in [0.25, 0.3) is 22.4 Å². The number of nitrogens with one attached hydrogen (secondary N) is 1. The number of aryl methyl sites for hydroxylation is 1. The molecule has 4 aromatic rings. The van der Waals surface area contributed by atoms with Gasteiger partial charge in [0.2, 0.25) is 0 Å². The topological polar surface area (TPSA) is 29.9 Å². The minimum atomic E-state index is -0.889. The summed E-state index contributed by atoms with van der Waals surface area (Å²) in [5, 5.41) is 3.31. The Morgan fingerprint density at radius 2 is 1.48 bits per heavy atom. The van der Waals surface area contributed by atoms with Crippen LogP contribution in [0.2, 0.25) is 0 Å². The summed E-state index contributed by atoms with van der Waals surface area (Å²) >= 11 is 0. The number of nitrogens with zero attached hydrogens (tertiary/aromatic N) is 2. The Bertz CT molecular complexity index is 1040. The number of hydrogen-bond donors (Lipinski definition) is 1. The van der Waals surface area contributed by atoms with Gasteiger partial charge in [0.25, 0.3) is 0 Å². The predicted molar refractivity (Wildman–Crippen MR) is 95.8 cm³/mol. The molecule has 4 rings (SSSR count). The van der Waals surface area contributed by atoms with Gasteiger partial charge in [-0.3, -0.25) is 0 Å². The number of para-hydroxylation sites is 1. The Morgan fingerprint density at radius 1 is 0.840 bits per heavy atom. The lowest BCUT2D eigenvalue weighted by atomic mass is 10.2. The Balaban J connectivity index is 1.68. The van der Waals surface area contributed by atoms with Crippen molar-refractivity contribution < 1.29 is 8.78 Å². The largest absolute Gasteiger partial charge is 0.356 e. The van der Waals surface area contributed by atoms with Crippen molar-refractivity contribution in [2.24, 2.45) is 7.05 Å². The molecule has 25 heavy (non-hydrogen) atoms. The minimum Gasteiger partial charge on any atom is -0.356 e. The monoisotopic (exact) mass is 335 g/mol. The van der Waals surface area contributed by atoms with Crippen LogP contribution in [0.15, 0.2) is 66.7 Å². The lowest BCUT2D eigenvalue weighted by Crippen LogP contribution is -1.94. The lowest BCUT2D eigenvalue weighted by Gasteiger charge is -2.07. The molecule has 0 aliphatic heterocycles. The summed E-state index contributed by atoms with van der Waals surface area (Å²) in [6.07, 6.45) is 0. The second-order valence-corrected chi connectivity index (χ2v) is 5.82. The van der Waals surface area contributed by atoms with Gasteiger partial charge in [0.05, 0.1) is 11.0 Å². The van der Waals surface area contributed by atoms with Crippen molar-refractivity contribution in [3.63, 3.8) is 0 Å². The quantitative estimate of drug-likeness (QED) is 0.553. The zero-order valence-electron chi connectivity index (χ0n) is 13.5. The first kappa shape index (κ1) is 15.3. The van der Waals surface area contributed by atoms with E-state index in [4.69, 9.17) is 0 Å². The number of benzene rings is 3. The third-order valence-corrected chi connectivity index (χ3v) is 4.13. The number of aromatic nitrogens is 2. The molecule has 1 heterocycles. The molecule has 0 saturated carbocycles. The van der Waals surface area contributed by atoms with E-state index in [1.165, 1.54) is 6.07 Å². The molecule has 1 N–H and O–H groups in total. The number of hydrogen-bond acceptors (Lipinski definition) is 2. The van der Waals surface area contributed by atoms with Gasteiger partial charge >= 0.3 is 0 Å². The van der Waals surface area contributed by atoms with Crippen molar-refractivity contribution in [2.45, 2.75) is 0 Å². The second-order valence-electron chi connectivity index (χ2n) is 5.82. The Morgan fingerprint density at radius 3 is 2.20 bits per heavy atom. The molecule has 0 saturated heterocycles. The fraction of sp³-hybridized carbons (Fsp3) is 0.0500. The molecule has 5 heteroatoms. The fourth-order valence-electron chi connectivity index (χ4n) is 2.84. The van der Waals surface area contributed by atoms with E-state index in [9.17, 15) is 8.78 Å². The van der Waals surface area contributed by atoms with E-state index in [1.807, 2.05) is 54.6 Å². The van der Waals surface area contributed by atoms with Gasteiger partial charge in [-0.1, -0.05) is 18.2 Å². The first-order valence-corrected chi connectivity index (χ1v) is 7.86. The molecular weight excluding hydrogens is 320 g/mol. The summed E-state index contributed by atoms with van der Waals surface area (Å²) in [5.41, 5.74) is 3.82. The van der Waals surface area contributed by atoms with E-state index in [1.54, 1.807) is 11.6 Å². The average Bonchev–Trinajstić information content (AvgIpc) is 2.93. The molecule has 3 aromatic carbocycles. The Kier molecular flexibility index (Phi) is 3.69. The van der Waals surface area contributed by atoms with Crippen LogP contribution >= 0.6 is 0 Å². The third kappa shape index (κ3) is 2.85. The van der Waals surface area contributed by atoms with Gasteiger partial charge in [-0.15, -0.1) is 0 Å². The zero-order chi connectivity index (χ0) is 17.4. The molecule has 1 aromatic heterocycles. The SMILES string of the molecule is Cn1c(-c2ccc(Nc3ccccc3)cc2)nc2cc(F)c(F)cc21. The Labute approximate surface area is 143 Å². The summed E-state index contributed by atoms with van der Waals surface area (Å²) < 4.78 is 28.7. The Hall–Kier alpha value is -3.21. The van der Waals surface area contributed by atoms with Crippen LogP contribution in [0.1, 0.15) is 0 Å². The number of rotatable bonds is 3. The zero-order valence-corrected chi connectivity index (χ0v) is 13.5. The highest BCUT2D eigenvalue weighted by atomic mass is 19.2. The van der Waals surface area contributed by atoms with Crippen molar-refractivity contribution in [1.82, 2.24) is 9.55 Å². The van der Waals surface area contributed by atoms with Crippen molar-refractivity contribution in [2.75, 3.05) is 5.32 Å². The number of halogens is 2. The second kappa shape index (κ2) is 6.02. The number of imidazole rings is 1. The van der Waals surface area contributed by atoms with Gasteiger partial charge < -0.3 is 9.88 Å². The first-order valence-electron chi connectivity index (χ1n) is 7.86. The smallest absolute Gasteiger partial charge is 0.161 e. The lowest BCUT2D eigenvalue weighted by molar-refractivity contribution is 0.510. The van der Waals surface area contributed by atoms with Crippen LogP contribution in [-0.4, -0.2) is 9.55 Å². The van der Waals surface area contributed by atoms with Gasteiger partial charge in [0.15, 0.2) is 11.6 Å². The first-order chi connectivity index (χ1) is 12.1. The van der Waals surface area contributed by atoms with E-state index in [2.05, 4.69) is 10.3 Å². The molecule has 0 radical (unpaired) electrons. The van der Waals surface area contributed by atoms with E-state index >= 15 is 0 Å². The molecular formula is C20H15F2N3. The van der Waals surface area contributed by atoms with Gasteiger partial charge in [-0.2, -0.15) is 0 Å². The summed E-state index contributed by atoms with van der Waals surface area (Å²) in [5.74, 6) is -1.10. The van der Waals surface area contributed by atoms with Crippen LogP contribution in [0.5, 0.6) is 0 Å². The molecule has 124 valence electrons. The minimum absolute atomic E-state index is 0.433. The standard InChI is InChI=1S/C20H15F2N3/c1-25-19-12-17(22)16(21)11-18(19)24-20(25)13-7-9-15(10-8-13)23-14-5-3-2-4-6-14/h2-12,23H,1H3. The molecule has 0 aliphatic rings. The van der Waals surface area contributed by atoms with Crippen LogP contribution in [-0.2, 0) is 7.05 Å². The molecule has 0 spiro atoms. The van der Waals surface area contributed by atoms with Crippen molar-refractivity contribution in [3.8, 4) is 11.4 Å². The summed E-state index contributed by atoms with van der Waals surface area (Å²) in [4.78, 5) is 4.43. The van der Waals surface area contributed by atoms with Gasteiger partial charge in [-0.25, -0.2) is 13.8 Å². The summed E-state index contributed by atoms with van der Waals surface area (Å²) in [6, 6.07) is 19.9. The van der Waals surface area contributed by atoms with Crippen molar-refractivity contribution >= 4 is 22.4 Å². The summed E-state index contributed by atoms with van der Waals surface area (Å²) in [7, 11) is 1.79. The van der Waals surface area contributed by atoms with E-state index in [-0.39, 0.29) is 0 Å². The summed E-state index contributed by atoms with van der Waals surface area (Å²) in [6.45, 7) is 0. The molecule has 0 unspecified atom stereocenters. The van der Waals surface area contributed by atoms with E-state index < -0.39 is 11.6 Å². The fourth-order valence-corrected chi connectivity index (χ4v) is 2.84. The van der Waals surface area contributed by atoms with E-state index in [0.29, 0.717) is 16.9 Å². The molecule has 0 amide bonds. The number of fused-ring (bicyclic) bond motifs is 1. The van der Waals surface area contributed by atoms with Gasteiger partial charge in [-0.05, 0) is 36.4 Å². The van der Waals surface area contributed by atoms with Gasteiger partial charge in [0, 0.05) is 36.1 Å². The maximum atomic E-state index is 13.5. The predicted octanol–water partition coefficient (Wildman–Crippen LogP) is 5.26. The normalized spacial score (nSPS) is 11.0. The highest BCUT2D eigenvalue weighted by molar-refractivity contribution is 5.81. The highest BCUT2D eigenvalue weighted by Crippen LogP contribution is 2.27. The molecule has 0 atom stereocenters. The highest BCUT2D eigenvalue weighted by Gasteiger charge is 2.13. The van der Waals surface area contributed by atoms with Crippen LogP contribution in [0.3, 0.4) is 0 Å². The maximum Gasteiger partial charge on any atom is 0.161 e. The van der Waals surface area contributed by atoms with Crippen LogP contribution in [0.4, 0.5) is 20.2 Å².